The molecule has 0 radical (unpaired) electrons. The van der Waals surface area contributed by atoms with Crippen LogP contribution in [0.25, 0.3) is 0 Å². The van der Waals surface area contributed by atoms with Gasteiger partial charge in [-0.05, 0) is 60.5 Å². The highest BCUT2D eigenvalue weighted by atomic mass is 16.3. The Morgan fingerprint density at radius 3 is 2.54 bits per heavy atom. The molecule has 0 aromatic rings. The minimum atomic E-state index is -1.82. The molecular formula is C20H28O4. The first-order valence-corrected chi connectivity index (χ1v) is 8.87. The summed E-state index contributed by atoms with van der Waals surface area (Å²) in [7, 11) is 0. The number of ketones is 2. The molecule has 3 aliphatic rings. The van der Waals surface area contributed by atoms with Crippen LogP contribution in [-0.2, 0) is 9.59 Å². The first kappa shape index (κ1) is 17.6. The number of carbonyl (C=O) groups is 2. The molecule has 0 unspecified atom stereocenters. The Morgan fingerprint density at radius 2 is 1.92 bits per heavy atom. The van der Waals surface area contributed by atoms with Gasteiger partial charge in [-0.2, -0.15) is 0 Å². The summed E-state index contributed by atoms with van der Waals surface area (Å²) in [5.74, 6) is -1.47. The number of allylic oxidation sites excluding steroid dienone is 2. The SMILES string of the molecule is C=C1CC[C@H]2[C@@H](/C=C(\C)C(=O)[C@@]3(O)C[C@H](C)[C@H](O)[C@@H]3C1=O)C2(C)C. The molecule has 4 nitrogen and oxygen atoms in total. The number of rotatable bonds is 0. The second-order valence-corrected chi connectivity index (χ2v) is 8.71. The first-order valence-electron chi connectivity index (χ1n) is 8.87. The van der Waals surface area contributed by atoms with E-state index >= 15 is 0 Å². The third kappa shape index (κ3) is 2.34. The van der Waals surface area contributed by atoms with Gasteiger partial charge in [-0.15, -0.1) is 0 Å². The quantitative estimate of drug-likeness (QED) is 0.668. The van der Waals surface area contributed by atoms with E-state index < -0.39 is 23.4 Å². The van der Waals surface area contributed by atoms with Gasteiger partial charge in [0.1, 0.15) is 5.60 Å². The topological polar surface area (TPSA) is 74.6 Å². The van der Waals surface area contributed by atoms with Crippen LogP contribution in [-0.4, -0.2) is 33.5 Å². The number of hydrogen-bond acceptors (Lipinski definition) is 4. The molecule has 2 saturated carbocycles. The number of aliphatic hydroxyl groups excluding tert-OH is 1. The van der Waals surface area contributed by atoms with E-state index in [1.807, 2.05) is 6.08 Å². The summed E-state index contributed by atoms with van der Waals surface area (Å²) in [6, 6.07) is 0. The molecule has 0 amide bonds. The predicted octanol–water partition coefficient (Wildman–Crippen LogP) is 2.44. The lowest BCUT2D eigenvalue weighted by atomic mass is 9.78. The van der Waals surface area contributed by atoms with E-state index in [9.17, 15) is 19.8 Å². The van der Waals surface area contributed by atoms with Crippen LogP contribution in [0.3, 0.4) is 0 Å². The number of aliphatic hydroxyl groups is 2. The molecule has 2 fully saturated rings. The lowest BCUT2D eigenvalue weighted by Gasteiger charge is -2.29. The van der Waals surface area contributed by atoms with Gasteiger partial charge in [0.15, 0.2) is 11.6 Å². The summed E-state index contributed by atoms with van der Waals surface area (Å²) < 4.78 is 0. The minimum Gasteiger partial charge on any atom is -0.392 e. The van der Waals surface area contributed by atoms with Crippen LogP contribution in [0.2, 0.25) is 0 Å². The Kier molecular flexibility index (Phi) is 3.93. The molecule has 0 heterocycles. The summed E-state index contributed by atoms with van der Waals surface area (Å²) in [5, 5.41) is 21.6. The molecule has 0 saturated heterocycles. The second kappa shape index (κ2) is 5.37. The van der Waals surface area contributed by atoms with Gasteiger partial charge in [0.2, 0.25) is 0 Å². The fourth-order valence-corrected chi connectivity index (χ4v) is 4.98. The van der Waals surface area contributed by atoms with Crippen molar-refractivity contribution in [3.05, 3.63) is 23.8 Å². The van der Waals surface area contributed by atoms with Gasteiger partial charge in [0.25, 0.3) is 0 Å². The van der Waals surface area contributed by atoms with Crippen molar-refractivity contribution in [3.8, 4) is 0 Å². The van der Waals surface area contributed by atoms with E-state index in [-0.39, 0.29) is 29.5 Å². The van der Waals surface area contributed by atoms with Gasteiger partial charge in [-0.25, -0.2) is 0 Å². The molecule has 4 heteroatoms. The second-order valence-electron chi connectivity index (χ2n) is 8.71. The van der Waals surface area contributed by atoms with Crippen molar-refractivity contribution < 1.29 is 19.8 Å². The van der Waals surface area contributed by atoms with Crippen LogP contribution in [0.1, 0.15) is 47.0 Å². The Bertz CT molecular complexity index is 644. The molecule has 6 atom stereocenters. The summed E-state index contributed by atoms with van der Waals surface area (Å²) in [4.78, 5) is 25.8. The average molecular weight is 332 g/mol. The van der Waals surface area contributed by atoms with Crippen LogP contribution in [0.4, 0.5) is 0 Å². The van der Waals surface area contributed by atoms with Crippen LogP contribution >= 0.6 is 0 Å². The zero-order valence-corrected chi connectivity index (χ0v) is 15.0. The van der Waals surface area contributed by atoms with Crippen molar-refractivity contribution in [3.63, 3.8) is 0 Å². The Labute approximate surface area is 143 Å². The monoisotopic (exact) mass is 332 g/mol. The highest BCUT2D eigenvalue weighted by Gasteiger charge is 2.60. The molecule has 2 N–H and O–H groups in total. The fraction of sp³-hybridized carbons (Fsp3) is 0.700. The molecule has 0 aliphatic heterocycles. The number of hydrogen-bond donors (Lipinski definition) is 2. The number of Topliss-reactive ketones (excluding diaryl/α,β-unsaturated/α-hetero) is 2. The molecule has 0 aromatic heterocycles. The summed E-state index contributed by atoms with van der Waals surface area (Å²) >= 11 is 0. The molecule has 3 aliphatic carbocycles. The van der Waals surface area contributed by atoms with Crippen LogP contribution in [0, 0.1) is 29.1 Å². The molecule has 3 rings (SSSR count). The van der Waals surface area contributed by atoms with Crippen molar-refractivity contribution in [2.24, 2.45) is 29.1 Å². The fourth-order valence-electron chi connectivity index (χ4n) is 4.98. The highest BCUT2D eigenvalue weighted by molar-refractivity contribution is 6.08. The molecule has 24 heavy (non-hydrogen) atoms. The Balaban J connectivity index is 2.06. The van der Waals surface area contributed by atoms with E-state index in [4.69, 9.17) is 0 Å². The van der Waals surface area contributed by atoms with Crippen molar-refractivity contribution in [2.45, 2.75) is 58.7 Å². The lowest BCUT2D eigenvalue weighted by Crippen LogP contribution is -2.49. The smallest absolute Gasteiger partial charge is 0.190 e. The van der Waals surface area contributed by atoms with Gasteiger partial charge in [-0.3, -0.25) is 9.59 Å². The predicted molar refractivity (Wildman–Crippen MR) is 91.1 cm³/mol. The Morgan fingerprint density at radius 1 is 1.29 bits per heavy atom. The molecule has 0 aromatic carbocycles. The Hall–Kier alpha value is -1.26. The third-order valence-electron chi connectivity index (χ3n) is 6.78. The van der Waals surface area contributed by atoms with Gasteiger partial charge in [-0.1, -0.05) is 33.4 Å². The summed E-state index contributed by atoms with van der Waals surface area (Å²) in [6.07, 6.45) is 2.47. The van der Waals surface area contributed by atoms with E-state index in [2.05, 4.69) is 20.4 Å². The standard InChI is InChI=1S/C20H28O4/c1-10-6-7-13-14(19(13,4)5)8-11(2)18(23)20(24)9-12(3)17(22)15(20)16(10)21/h8,12-15,17,22,24H,1,6-7,9H2,2-5H3/b11-8+/t12-,13-,14+,15-,17-,20+/m0/s1. The van der Waals surface area contributed by atoms with Crippen LogP contribution < -0.4 is 0 Å². The minimum absolute atomic E-state index is 0.106. The van der Waals surface area contributed by atoms with Gasteiger partial charge < -0.3 is 10.2 Å². The maximum atomic E-state index is 13.0. The van der Waals surface area contributed by atoms with Crippen molar-refractivity contribution in [2.75, 3.05) is 0 Å². The normalized spacial score (nSPS) is 47.3. The van der Waals surface area contributed by atoms with E-state index in [1.54, 1.807) is 13.8 Å². The van der Waals surface area contributed by atoms with Crippen LogP contribution in [0.15, 0.2) is 23.8 Å². The first-order chi connectivity index (χ1) is 11.0. The van der Waals surface area contributed by atoms with Gasteiger partial charge >= 0.3 is 0 Å². The van der Waals surface area contributed by atoms with Crippen molar-refractivity contribution in [1.82, 2.24) is 0 Å². The van der Waals surface area contributed by atoms with Crippen molar-refractivity contribution in [1.29, 1.82) is 0 Å². The molecule has 0 spiro atoms. The largest absolute Gasteiger partial charge is 0.392 e. The van der Waals surface area contributed by atoms with Gasteiger partial charge in [0, 0.05) is 0 Å². The number of fused-ring (bicyclic) bond motifs is 2. The van der Waals surface area contributed by atoms with Crippen LogP contribution in [0.5, 0.6) is 0 Å². The maximum Gasteiger partial charge on any atom is 0.190 e. The summed E-state index contributed by atoms with van der Waals surface area (Å²) in [5.41, 5.74) is -0.794. The highest BCUT2D eigenvalue weighted by Crippen LogP contribution is 2.62. The van der Waals surface area contributed by atoms with E-state index in [0.29, 0.717) is 23.5 Å². The number of carbonyl (C=O) groups excluding carboxylic acids is 2. The third-order valence-corrected chi connectivity index (χ3v) is 6.78. The molecule has 0 bridgehead atoms. The van der Waals surface area contributed by atoms with Crippen molar-refractivity contribution >= 4 is 11.6 Å². The summed E-state index contributed by atoms with van der Waals surface area (Å²) in [6.45, 7) is 11.7. The lowest BCUT2D eigenvalue weighted by molar-refractivity contribution is -0.146. The average Bonchev–Trinajstić information content (AvgIpc) is 2.91. The van der Waals surface area contributed by atoms with E-state index in [1.165, 1.54) is 0 Å². The van der Waals surface area contributed by atoms with E-state index in [0.717, 1.165) is 6.42 Å². The molecular weight excluding hydrogens is 304 g/mol. The maximum absolute atomic E-state index is 13.0. The zero-order chi connectivity index (χ0) is 18.0. The molecule has 132 valence electrons. The van der Waals surface area contributed by atoms with Gasteiger partial charge in [0.05, 0.1) is 12.0 Å². The zero-order valence-electron chi connectivity index (χ0n) is 15.0.